The van der Waals surface area contributed by atoms with Gasteiger partial charge in [0.2, 0.25) is 0 Å². The summed E-state index contributed by atoms with van der Waals surface area (Å²) in [6.07, 6.45) is 1.65. The lowest BCUT2D eigenvalue weighted by molar-refractivity contribution is -0.118. The van der Waals surface area contributed by atoms with Gasteiger partial charge in [0.25, 0.3) is 5.91 Å². The summed E-state index contributed by atoms with van der Waals surface area (Å²) in [5.74, 6) is 0.0816. The van der Waals surface area contributed by atoms with Gasteiger partial charge in [-0.15, -0.1) is 0 Å². The van der Waals surface area contributed by atoms with Crippen LogP contribution in [0.5, 0.6) is 0 Å². The molecule has 2 N–H and O–H groups in total. The van der Waals surface area contributed by atoms with Crippen LogP contribution in [0, 0.1) is 0 Å². The van der Waals surface area contributed by atoms with Gasteiger partial charge < -0.3 is 4.98 Å². The quantitative estimate of drug-likeness (QED) is 0.406. The fraction of sp³-hybridized carbons (Fsp3) is 0.250. The van der Waals surface area contributed by atoms with Gasteiger partial charge in [-0.1, -0.05) is 68.9 Å². The molecule has 0 saturated carbocycles. The van der Waals surface area contributed by atoms with E-state index in [9.17, 15) is 4.79 Å². The molecule has 26 heavy (non-hydrogen) atoms. The van der Waals surface area contributed by atoms with Crippen LogP contribution in [0.15, 0.2) is 58.8 Å². The highest BCUT2D eigenvalue weighted by atomic mass is 32.2. The fourth-order valence-electron chi connectivity index (χ4n) is 2.41. The monoisotopic (exact) mass is 366 g/mol. The molecular weight excluding hydrogens is 344 g/mol. The Hall–Kier alpha value is -2.60. The highest BCUT2D eigenvalue weighted by Crippen LogP contribution is 2.22. The third-order valence-electron chi connectivity index (χ3n) is 3.89. The second-order valence-corrected chi connectivity index (χ2v) is 7.98. The Morgan fingerprint density at radius 1 is 1.19 bits per heavy atom. The molecule has 3 rings (SSSR count). The van der Waals surface area contributed by atoms with Gasteiger partial charge in [-0.2, -0.15) is 5.10 Å². The number of carbonyl (C=O) groups is 1. The molecule has 0 aliphatic heterocycles. The van der Waals surface area contributed by atoms with Crippen LogP contribution in [-0.4, -0.2) is 27.8 Å². The molecule has 0 unspecified atom stereocenters. The minimum atomic E-state index is -0.169. The first-order valence-electron chi connectivity index (χ1n) is 8.42. The van der Waals surface area contributed by atoms with E-state index >= 15 is 0 Å². The molecule has 0 atom stereocenters. The number of amides is 1. The molecule has 0 radical (unpaired) electrons. The van der Waals surface area contributed by atoms with E-state index in [1.165, 1.54) is 17.3 Å². The number of para-hydroxylation sites is 2. The summed E-state index contributed by atoms with van der Waals surface area (Å²) in [5, 5.41) is 4.75. The molecule has 1 aromatic heterocycles. The number of hydrazone groups is 1. The first-order chi connectivity index (χ1) is 12.4. The van der Waals surface area contributed by atoms with Crippen LogP contribution >= 0.6 is 11.8 Å². The number of aromatic nitrogens is 2. The number of fused-ring (bicyclic) bond motifs is 1. The molecular formula is C20H22N4OS. The van der Waals surface area contributed by atoms with Gasteiger partial charge in [0.1, 0.15) is 0 Å². The molecule has 5 nitrogen and oxygen atoms in total. The topological polar surface area (TPSA) is 70.1 Å². The summed E-state index contributed by atoms with van der Waals surface area (Å²) in [5.41, 5.74) is 6.74. The number of benzene rings is 2. The zero-order valence-corrected chi connectivity index (χ0v) is 15.9. The standard InChI is InChI=1S/C20H22N4OS/c1-20(2,3)15-10-8-14(9-11-15)12-21-24-18(25)13-26-19-22-16-6-4-5-7-17(16)23-19/h4-12H,13H2,1-3H3,(H,22,23)(H,24,25)/b21-12-. The van der Waals surface area contributed by atoms with Crippen LogP contribution in [-0.2, 0) is 10.2 Å². The number of nitrogens with one attached hydrogen (secondary N) is 2. The third-order valence-corrected chi connectivity index (χ3v) is 4.76. The Bertz CT molecular complexity index is 890. The van der Waals surface area contributed by atoms with Gasteiger partial charge in [-0.3, -0.25) is 4.79 Å². The van der Waals surface area contributed by atoms with Crippen LogP contribution in [0.2, 0.25) is 0 Å². The second kappa shape index (κ2) is 7.74. The number of imidazole rings is 1. The Labute approximate surface area is 157 Å². The number of nitrogens with zero attached hydrogens (tertiary/aromatic N) is 2. The van der Waals surface area contributed by atoms with Crippen LogP contribution in [0.1, 0.15) is 31.9 Å². The summed E-state index contributed by atoms with van der Waals surface area (Å²) < 4.78 is 0. The number of thioether (sulfide) groups is 1. The van der Waals surface area contributed by atoms with Crippen LogP contribution < -0.4 is 5.43 Å². The minimum absolute atomic E-state index is 0.123. The predicted molar refractivity (Wildman–Crippen MR) is 108 cm³/mol. The molecule has 0 spiro atoms. The highest BCUT2D eigenvalue weighted by molar-refractivity contribution is 7.99. The number of carbonyl (C=O) groups excluding carboxylic acids is 1. The predicted octanol–water partition coefficient (Wildman–Crippen LogP) is 4.10. The molecule has 0 saturated heterocycles. The zero-order valence-electron chi connectivity index (χ0n) is 15.1. The Kier molecular flexibility index (Phi) is 5.42. The van der Waals surface area contributed by atoms with Crippen molar-refractivity contribution in [2.75, 3.05) is 5.75 Å². The average Bonchev–Trinajstić information content (AvgIpc) is 3.03. The fourth-order valence-corrected chi connectivity index (χ4v) is 3.09. The number of aromatic amines is 1. The lowest BCUT2D eigenvalue weighted by atomic mass is 9.87. The highest BCUT2D eigenvalue weighted by Gasteiger charge is 2.12. The van der Waals surface area contributed by atoms with E-state index in [1.54, 1.807) is 6.21 Å². The van der Waals surface area contributed by atoms with Gasteiger partial charge in [0.15, 0.2) is 5.16 Å². The van der Waals surface area contributed by atoms with E-state index in [4.69, 9.17) is 0 Å². The van der Waals surface area contributed by atoms with Crippen molar-refractivity contribution in [2.45, 2.75) is 31.3 Å². The van der Waals surface area contributed by atoms with Gasteiger partial charge in [-0.05, 0) is 28.7 Å². The molecule has 1 amide bonds. The van der Waals surface area contributed by atoms with Crippen LogP contribution in [0.4, 0.5) is 0 Å². The molecule has 2 aromatic carbocycles. The van der Waals surface area contributed by atoms with Crippen molar-refractivity contribution in [2.24, 2.45) is 5.10 Å². The van der Waals surface area contributed by atoms with E-state index < -0.39 is 0 Å². The van der Waals surface area contributed by atoms with Crippen molar-refractivity contribution in [1.82, 2.24) is 15.4 Å². The number of hydrogen-bond acceptors (Lipinski definition) is 4. The van der Waals surface area contributed by atoms with Crippen molar-refractivity contribution in [3.8, 4) is 0 Å². The van der Waals surface area contributed by atoms with E-state index in [0.29, 0.717) is 0 Å². The summed E-state index contributed by atoms with van der Waals surface area (Å²) >= 11 is 1.35. The smallest absolute Gasteiger partial charge is 0.250 e. The first-order valence-corrected chi connectivity index (χ1v) is 9.40. The summed E-state index contributed by atoms with van der Waals surface area (Å²) in [6.45, 7) is 6.53. The average molecular weight is 366 g/mol. The molecule has 0 aliphatic rings. The van der Waals surface area contributed by atoms with E-state index in [-0.39, 0.29) is 17.1 Å². The second-order valence-electron chi connectivity index (χ2n) is 7.01. The normalized spacial score (nSPS) is 12.0. The lowest BCUT2D eigenvalue weighted by Gasteiger charge is -2.18. The maximum absolute atomic E-state index is 11.9. The largest absolute Gasteiger partial charge is 0.333 e. The molecule has 3 aromatic rings. The number of rotatable bonds is 5. The maximum Gasteiger partial charge on any atom is 0.250 e. The number of hydrogen-bond donors (Lipinski definition) is 2. The molecule has 0 bridgehead atoms. The van der Waals surface area contributed by atoms with Gasteiger partial charge in [0, 0.05) is 0 Å². The van der Waals surface area contributed by atoms with Crippen LogP contribution in [0.3, 0.4) is 0 Å². The zero-order chi connectivity index (χ0) is 18.6. The Balaban J connectivity index is 1.49. The van der Waals surface area contributed by atoms with Crippen molar-refractivity contribution in [3.63, 3.8) is 0 Å². The molecule has 1 heterocycles. The molecule has 6 heteroatoms. The summed E-state index contributed by atoms with van der Waals surface area (Å²) in [6, 6.07) is 15.9. The van der Waals surface area contributed by atoms with Crippen molar-refractivity contribution in [3.05, 3.63) is 59.7 Å². The van der Waals surface area contributed by atoms with E-state index in [2.05, 4.69) is 53.4 Å². The third kappa shape index (κ3) is 4.73. The van der Waals surface area contributed by atoms with Crippen LogP contribution in [0.25, 0.3) is 11.0 Å². The van der Waals surface area contributed by atoms with Crippen molar-refractivity contribution < 1.29 is 4.79 Å². The van der Waals surface area contributed by atoms with Gasteiger partial charge >= 0.3 is 0 Å². The summed E-state index contributed by atoms with van der Waals surface area (Å²) in [4.78, 5) is 19.5. The lowest BCUT2D eigenvalue weighted by Crippen LogP contribution is -2.19. The summed E-state index contributed by atoms with van der Waals surface area (Å²) in [7, 11) is 0. The first kappa shape index (κ1) is 18.2. The van der Waals surface area contributed by atoms with Gasteiger partial charge in [-0.25, -0.2) is 10.4 Å². The van der Waals surface area contributed by atoms with E-state index in [0.717, 1.165) is 21.8 Å². The molecule has 0 aliphatic carbocycles. The SMILES string of the molecule is CC(C)(C)c1ccc(/C=N\NC(=O)CSc2nc3ccccc3[nH]2)cc1. The number of H-pyrrole nitrogens is 1. The minimum Gasteiger partial charge on any atom is -0.333 e. The van der Waals surface area contributed by atoms with Crippen molar-refractivity contribution >= 4 is 34.9 Å². The van der Waals surface area contributed by atoms with Gasteiger partial charge in [0.05, 0.1) is 23.0 Å². The maximum atomic E-state index is 11.9. The van der Waals surface area contributed by atoms with Crippen molar-refractivity contribution in [1.29, 1.82) is 0 Å². The molecule has 0 fully saturated rings. The Morgan fingerprint density at radius 3 is 2.62 bits per heavy atom. The van der Waals surface area contributed by atoms with E-state index in [1.807, 2.05) is 36.4 Å². The Morgan fingerprint density at radius 2 is 1.92 bits per heavy atom. The molecule has 134 valence electrons.